The van der Waals surface area contributed by atoms with Gasteiger partial charge in [-0.3, -0.25) is 14.4 Å². The van der Waals surface area contributed by atoms with E-state index in [1.807, 2.05) is 6.07 Å². The number of rotatable bonds is 5. The molecule has 2 rings (SSSR count). The maximum atomic E-state index is 12.6. The van der Waals surface area contributed by atoms with Gasteiger partial charge in [0.15, 0.2) is 5.78 Å². The van der Waals surface area contributed by atoms with Crippen molar-refractivity contribution in [3.8, 4) is 0 Å². The summed E-state index contributed by atoms with van der Waals surface area (Å²) >= 11 is 1.20. The predicted octanol–water partition coefficient (Wildman–Crippen LogP) is 2.28. The number of thioether (sulfide) groups is 1. The van der Waals surface area contributed by atoms with Gasteiger partial charge in [-0.1, -0.05) is 18.2 Å². The number of anilines is 1. The van der Waals surface area contributed by atoms with E-state index < -0.39 is 11.2 Å². The number of imide groups is 1. The van der Waals surface area contributed by atoms with Gasteiger partial charge >= 0.3 is 0 Å². The molecule has 0 saturated heterocycles. The van der Waals surface area contributed by atoms with E-state index in [0.29, 0.717) is 5.69 Å². The summed E-state index contributed by atoms with van der Waals surface area (Å²) in [6.45, 7) is 1.34. The van der Waals surface area contributed by atoms with Gasteiger partial charge in [0.05, 0.1) is 5.69 Å². The Labute approximate surface area is 122 Å². The molecule has 4 nitrogen and oxygen atoms in total. The Morgan fingerprint density at radius 1 is 1.20 bits per heavy atom. The first kappa shape index (κ1) is 14.8. The SMILES string of the molecule is CS[C@@H](C(=O)C1CC1)C(=O)N(C(C)=O)c1ccccc1. The lowest BCUT2D eigenvalue weighted by atomic mass is 10.1. The molecule has 1 aromatic rings. The third-order valence-electron chi connectivity index (χ3n) is 3.25. The first-order valence-corrected chi connectivity index (χ1v) is 7.81. The molecule has 1 aromatic carbocycles. The zero-order valence-electron chi connectivity index (χ0n) is 11.5. The lowest BCUT2D eigenvalue weighted by Gasteiger charge is -2.23. The van der Waals surface area contributed by atoms with E-state index in [9.17, 15) is 14.4 Å². The summed E-state index contributed by atoms with van der Waals surface area (Å²) in [5, 5.41) is -0.786. The molecule has 0 unspecified atom stereocenters. The Bertz CT molecular complexity index is 525. The summed E-state index contributed by atoms with van der Waals surface area (Å²) in [7, 11) is 0. The van der Waals surface area contributed by atoms with Crippen molar-refractivity contribution in [2.45, 2.75) is 25.0 Å². The molecule has 5 heteroatoms. The highest BCUT2D eigenvalue weighted by molar-refractivity contribution is 8.00. The minimum absolute atomic E-state index is 0.000909. The number of amides is 2. The van der Waals surface area contributed by atoms with Crippen molar-refractivity contribution < 1.29 is 14.4 Å². The van der Waals surface area contributed by atoms with Crippen LogP contribution in [0.15, 0.2) is 30.3 Å². The third kappa shape index (κ3) is 3.10. The number of hydrogen-bond acceptors (Lipinski definition) is 4. The summed E-state index contributed by atoms with van der Waals surface area (Å²) < 4.78 is 0. The molecule has 1 aliphatic rings. The quantitative estimate of drug-likeness (QED) is 0.781. The summed E-state index contributed by atoms with van der Waals surface area (Å²) in [5.41, 5.74) is 0.507. The van der Waals surface area contributed by atoms with Crippen molar-refractivity contribution in [2.24, 2.45) is 5.92 Å². The molecule has 0 spiro atoms. The topological polar surface area (TPSA) is 54.5 Å². The Balaban J connectivity index is 2.26. The molecule has 0 aliphatic heterocycles. The second kappa shape index (κ2) is 6.22. The van der Waals surface area contributed by atoms with E-state index in [2.05, 4.69) is 0 Å². The number of para-hydroxylation sites is 1. The first-order chi connectivity index (χ1) is 9.56. The Morgan fingerprint density at radius 2 is 1.80 bits per heavy atom. The van der Waals surface area contributed by atoms with Crippen LogP contribution >= 0.6 is 11.8 Å². The van der Waals surface area contributed by atoms with Gasteiger partial charge in [0.25, 0.3) is 5.91 Å². The molecule has 1 atom stereocenters. The molecule has 106 valence electrons. The summed E-state index contributed by atoms with van der Waals surface area (Å²) in [4.78, 5) is 37.6. The van der Waals surface area contributed by atoms with Gasteiger partial charge in [-0.2, -0.15) is 0 Å². The average Bonchev–Trinajstić information content (AvgIpc) is 3.24. The van der Waals surface area contributed by atoms with Crippen LogP contribution in [0.3, 0.4) is 0 Å². The highest BCUT2D eigenvalue weighted by atomic mass is 32.2. The lowest BCUT2D eigenvalue weighted by molar-refractivity contribution is -0.128. The minimum Gasteiger partial charge on any atom is -0.298 e. The minimum atomic E-state index is -0.786. The number of hydrogen-bond donors (Lipinski definition) is 0. The number of Topliss-reactive ketones (excluding diaryl/α,β-unsaturated/α-hetero) is 1. The van der Waals surface area contributed by atoms with Gasteiger partial charge in [0.2, 0.25) is 5.91 Å². The highest BCUT2D eigenvalue weighted by Crippen LogP contribution is 2.34. The third-order valence-corrected chi connectivity index (χ3v) is 4.15. The van der Waals surface area contributed by atoms with Gasteiger partial charge < -0.3 is 0 Å². The van der Waals surface area contributed by atoms with E-state index in [1.54, 1.807) is 30.5 Å². The molecule has 0 N–H and O–H groups in total. The number of benzene rings is 1. The molecular weight excluding hydrogens is 274 g/mol. The van der Waals surface area contributed by atoms with Gasteiger partial charge in [0.1, 0.15) is 5.25 Å². The molecule has 0 heterocycles. The van der Waals surface area contributed by atoms with E-state index in [0.717, 1.165) is 17.7 Å². The van der Waals surface area contributed by atoms with E-state index in [4.69, 9.17) is 0 Å². The van der Waals surface area contributed by atoms with Crippen LogP contribution in [-0.4, -0.2) is 29.1 Å². The fourth-order valence-corrected chi connectivity index (χ4v) is 2.81. The second-order valence-electron chi connectivity index (χ2n) is 4.82. The van der Waals surface area contributed by atoms with Crippen LogP contribution in [-0.2, 0) is 14.4 Å². The largest absolute Gasteiger partial charge is 0.298 e. The van der Waals surface area contributed by atoms with Crippen LogP contribution in [0, 0.1) is 5.92 Å². The van der Waals surface area contributed by atoms with Crippen LogP contribution in [0.4, 0.5) is 5.69 Å². The molecule has 2 amide bonds. The van der Waals surface area contributed by atoms with Crippen molar-refractivity contribution in [1.82, 2.24) is 0 Å². The zero-order valence-corrected chi connectivity index (χ0v) is 12.4. The second-order valence-corrected chi connectivity index (χ2v) is 5.76. The number of carbonyl (C=O) groups excluding carboxylic acids is 3. The lowest BCUT2D eigenvalue weighted by Crippen LogP contribution is -2.44. The Kier molecular flexibility index (Phi) is 4.60. The Hall–Kier alpha value is -1.62. The maximum absolute atomic E-state index is 12.6. The normalized spacial score (nSPS) is 15.5. The molecule has 0 radical (unpaired) electrons. The number of carbonyl (C=O) groups is 3. The van der Waals surface area contributed by atoms with Crippen molar-refractivity contribution in [2.75, 3.05) is 11.2 Å². The molecule has 0 bridgehead atoms. The molecule has 0 aromatic heterocycles. The Morgan fingerprint density at radius 3 is 2.25 bits per heavy atom. The van der Waals surface area contributed by atoms with Gasteiger partial charge in [0, 0.05) is 12.8 Å². The van der Waals surface area contributed by atoms with Gasteiger partial charge in [-0.15, -0.1) is 11.8 Å². The standard InChI is InChI=1S/C15H17NO3S/c1-10(17)16(12-6-4-3-5-7-12)15(19)14(20-2)13(18)11-8-9-11/h3-7,11,14H,8-9H2,1-2H3/t14-/m0/s1. The van der Waals surface area contributed by atoms with Crippen molar-refractivity contribution in [3.63, 3.8) is 0 Å². The monoisotopic (exact) mass is 291 g/mol. The van der Waals surface area contributed by atoms with E-state index >= 15 is 0 Å². The van der Waals surface area contributed by atoms with Crippen LogP contribution in [0.5, 0.6) is 0 Å². The molecule has 1 fully saturated rings. The van der Waals surface area contributed by atoms with Gasteiger partial charge in [-0.05, 0) is 31.2 Å². The smallest absolute Gasteiger partial charge is 0.254 e. The molecule has 1 saturated carbocycles. The summed E-state index contributed by atoms with van der Waals surface area (Å²) in [6, 6.07) is 8.72. The average molecular weight is 291 g/mol. The number of ketones is 1. The van der Waals surface area contributed by atoms with Crippen LogP contribution in [0.25, 0.3) is 0 Å². The van der Waals surface area contributed by atoms with Crippen molar-refractivity contribution in [1.29, 1.82) is 0 Å². The fourth-order valence-electron chi connectivity index (χ4n) is 2.08. The van der Waals surface area contributed by atoms with E-state index in [1.165, 1.54) is 18.7 Å². The molecular formula is C15H17NO3S. The van der Waals surface area contributed by atoms with Crippen LogP contribution < -0.4 is 4.90 Å². The number of nitrogens with zero attached hydrogens (tertiary/aromatic N) is 1. The molecule has 1 aliphatic carbocycles. The van der Waals surface area contributed by atoms with Gasteiger partial charge in [-0.25, -0.2) is 4.90 Å². The fraction of sp³-hybridized carbons (Fsp3) is 0.400. The van der Waals surface area contributed by atoms with Crippen molar-refractivity contribution in [3.05, 3.63) is 30.3 Å². The summed E-state index contributed by atoms with van der Waals surface area (Å²) in [5.74, 6) is -0.859. The zero-order chi connectivity index (χ0) is 14.7. The highest BCUT2D eigenvalue weighted by Gasteiger charge is 2.40. The predicted molar refractivity (Wildman–Crippen MR) is 79.6 cm³/mol. The summed E-state index contributed by atoms with van der Waals surface area (Å²) in [6.07, 6.45) is 3.44. The van der Waals surface area contributed by atoms with Crippen LogP contribution in [0.1, 0.15) is 19.8 Å². The van der Waals surface area contributed by atoms with Crippen LogP contribution in [0.2, 0.25) is 0 Å². The first-order valence-electron chi connectivity index (χ1n) is 6.52. The maximum Gasteiger partial charge on any atom is 0.254 e. The van der Waals surface area contributed by atoms with Crippen molar-refractivity contribution >= 4 is 35.0 Å². The van der Waals surface area contributed by atoms with E-state index in [-0.39, 0.29) is 17.6 Å². The molecule has 20 heavy (non-hydrogen) atoms.